The molecule has 0 aliphatic carbocycles. The molecule has 3 heterocycles. The average molecular weight is 387 g/mol. The van der Waals surface area contributed by atoms with E-state index in [2.05, 4.69) is 26.8 Å². The van der Waals surface area contributed by atoms with Gasteiger partial charge in [0, 0.05) is 25.2 Å². The zero-order valence-corrected chi connectivity index (χ0v) is 16.2. The topological polar surface area (TPSA) is 81.8 Å². The molecular formula is C22H21N5O2. The summed E-state index contributed by atoms with van der Waals surface area (Å²) in [5.41, 5.74) is 4.11. The van der Waals surface area contributed by atoms with E-state index >= 15 is 0 Å². The van der Waals surface area contributed by atoms with E-state index in [0.717, 1.165) is 40.9 Å². The molecule has 29 heavy (non-hydrogen) atoms. The fourth-order valence-corrected chi connectivity index (χ4v) is 4.07. The first-order valence-corrected chi connectivity index (χ1v) is 9.91. The van der Waals surface area contributed by atoms with Crippen LogP contribution in [0.2, 0.25) is 0 Å². The number of nitrogens with zero attached hydrogens (tertiary/aromatic N) is 4. The van der Waals surface area contributed by atoms with Gasteiger partial charge < -0.3 is 14.5 Å². The maximum atomic E-state index is 13.1. The maximum absolute atomic E-state index is 13.1. The summed E-state index contributed by atoms with van der Waals surface area (Å²) in [6, 6.07) is 13.4. The molecule has 0 atom stereocenters. The van der Waals surface area contributed by atoms with Crippen LogP contribution in [0.4, 0.5) is 0 Å². The number of ketones is 1. The fraction of sp³-hybridized carbons (Fsp3) is 0.273. The molecule has 1 aliphatic rings. The Labute approximate surface area is 167 Å². The molecule has 1 aliphatic heterocycles. The van der Waals surface area contributed by atoms with Gasteiger partial charge in [-0.25, -0.2) is 9.97 Å². The minimum absolute atomic E-state index is 0.00512. The normalized spacial score (nSPS) is 14.0. The number of para-hydroxylation sites is 2. The highest BCUT2D eigenvalue weighted by Crippen LogP contribution is 2.22. The largest absolute Gasteiger partial charge is 0.349 e. The molecule has 0 bridgehead atoms. The van der Waals surface area contributed by atoms with Crippen LogP contribution in [0.5, 0.6) is 0 Å². The highest BCUT2D eigenvalue weighted by Gasteiger charge is 2.21. The molecule has 0 saturated carbocycles. The van der Waals surface area contributed by atoms with Crippen molar-refractivity contribution in [3.63, 3.8) is 0 Å². The van der Waals surface area contributed by atoms with E-state index in [0.29, 0.717) is 24.5 Å². The van der Waals surface area contributed by atoms with Gasteiger partial charge in [0.05, 0.1) is 28.5 Å². The number of Topliss-reactive ketones (excluding diaryl/α,β-unsaturated/α-hetero) is 1. The Morgan fingerprint density at radius 1 is 1.10 bits per heavy atom. The van der Waals surface area contributed by atoms with E-state index in [9.17, 15) is 9.59 Å². The van der Waals surface area contributed by atoms with Crippen molar-refractivity contribution in [3.8, 4) is 0 Å². The third kappa shape index (κ3) is 2.90. The van der Waals surface area contributed by atoms with Crippen molar-refractivity contribution in [2.75, 3.05) is 6.54 Å². The summed E-state index contributed by atoms with van der Waals surface area (Å²) in [6.07, 6.45) is 1.07. The first kappa shape index (κ1) is 17.6. The predicted octanol–water partition coefficient (Wildman–Crippen LogP) is 2.96. The summed E-state index contributed by atoms with van der Waals surface area (Å²) in [4.78, 5) is 34.4. The van der Waals surface area contributed by atoms with Crippen molar-refractivity contribution in [1.29, 1.82) is 0 Å². The second kappa shape index (κ2) is 6.84. The molecule has 0 saturated heterocycles. The van der Waals surface area contributed by atoms with Gasteiger partial charge in [0.25, 0.3) is 5.91 Å². The highest BCUT2D eigenvalue weighted by atomic mass is 16.2. The Bertz CT molecular complexity index is 1270. The minimum atomic E-state index is -0.164. The molecule has 1 N–H and O–H groups in total. The molecule has 0 fully saturated rings. The number of fused-ring (bicyclic) bond motifs is 4. The van der Waals surface area contributed by atoms with Crippen molar-refractivity contribution >= 4 is 33.8 Å². The maximum Gasteiger partial charge on any atom is 0.287 e. The third-order valence-corrected chi connectivity index (χ3v) is 5.49. The van der Waals surface area contributed by atoms with Crippen molar-refractivity contribution in [2.45, 2.75) is 32.9 Å². The van der Waals surface area contributed by atoms with Gasteiger partial charge in [-0.05, 0) is 43.7 Å². The van der Waals surface area contributed by atoms with Crippen LogP contribution in [-0.2, 0) is 19.5 Å². The van der Waals surface area contributed by atoms with Crippen LogP contribution >= 0.6 is 0 Å². The Balaban J connectivity index is 1.52. The summed E-state index contributed by atoms with van der Waals surface area (Å²) in [7, 11) is 0. The van der Waals surface area contributed by atoms with Gasteiger partial charge in [0.2, 0.25) is 0 Å². The monoisotopic (exact) mass is 387 g/mol. The zero-order valence-electron chi connectivity index (χ0n) is 16.2. The molecule has 7 nitrogen and oxygen atoms in total. The number of aromatic nitrogens is 4. The molecule has 2 aromatic carbocycles. The number of carbonyl (C=O) groups excluding carboxylic acids is 2. The van der Waals surface area contributed by atoms with Gasteiger partial charge in [-0.2, -0.15) is 0 Å². The van der Waals surface area contributed by atoms with Gasteiger partial charge in [-0.3, -0.25) is 9.59 Å². The molecule has 5 rings (SSSR count). The second-order valence-corrected chi connectivity index (χ2v) is 7.26. The van der Waals surface area contributed by atoms with Gasteiger partial charge in [-0.1, -0.05) is 12.1 Å². The zero-order chi connectivity index (χ0) is 20.0. The number of benzene rings is 2. The molecule has 0 radical (unpaired) electrons. The Morgan fingerprint density at radius 3 is 2.79 bits per heavy atom. The minimum Gasteiger partial charge on any atom is -0.349 e. The van der Waals surface area contributed by atoms with Crippen LogP contribution in [0, 0.1) is 0 Å². The van der Waals surface area contributed by atoms with E-state index in [1.54, 1.807) is 6.07 Å². The molecular weight excluding hydrogens is 366 g/mol. The van der Waals surface area contributed by atoms with Gasteiger partial charge in [0.1, 0.15) is 5.82 Å². The van der Waals surface area contributed by atoms with Crippen LogP contribution in [0.15, 0.2) is 42.5 Å². The second-order valence-electron chi connectivity index (χ2n) is 7.26. The average Bonchev–Trinajstić information content (AvgIpc) is 3.22. The Kier molecular flexibility index (Phi) is 4.16. The summed E-state index contributed by atoms with van der Waals surface area (Å²) < 4.78 is 4.00. The summed E-state index contributed by atoms with van der Waals surface area (Å²) in [5.74, 6) is 1.02. The van der Waals surface area contributed by atoms with Crippen molar-refractivity contribution < 1.29 is 9.59 Å². The lowest BCUT2D eigenvalue weighted by Crippen LogP contribution is -2.23. The van der Waals surface area contributed by atoms with Crippen LogP contribution in [-0.4, -0.2) is 37.3 Å². The number of nitrogens with one attached hydrogen (secondary N) is 1. The Morgan fingerprint density at radius 2 is 1.93 bits per heavy atom. The number of hydrogen-bond donors (Lipinski definition) is 1. The van der Waals surface area contributed by atoms with Crippen molar-refractivity contribution in [2.24, 2.45) is 0 Å². The standard InChI is InChI=1S/C22H21N5O2/c1-2-26-17-7-4-3-6-15(17)24-20(26)13-19(28)14-8-9-16-18(12-14)27-11-5-10-23-22(29)21(27)25-16/h3-4,6-9,12H,2,5,10-11,13H2,1H3,(H,23,29). The van der Waals surface area contributed by atoms with E-state index in [4.69, 9.17) is 0 Å². The highest BCUT2D eigenvalue weighted by molar-refractivity contribution is 6.01. The first-order chi connectivity index (χ1) is 14.2. The number of imidazole rings is 2. The van der Waals surface area contributed by atoms with Crippen LogP contribution in [0.3, 0.4) is 0 Å². The number of aryl methyl sites for hydroxylation is 2. The quantitative estimate of drug-likeness (QED) is 0.546. The molecule has 2 aromatic heterocycles. The number of amides is 1. The molecule has 7 heteroatoms. The summed E-state index contributed by atoms with van der Waals surface area (Å²) in [6.45, 7) is 4.15. The van der Waals surface area contributed by atoms with Crippen molar-refractivity contribution in [3.05, 3.63) is 59.7 Å². The number of hydrogen-bond acceptors (Lipinski definition) is 4. The fourth-order valence-electron chi connectivity index (χ4n) is 4.07. The van der Waals surface area contributed by atoms with Crippen molar-refractivity contribution in [1.82, 2.24) is 24.4 Å². The van der Waals surface area contributed by atoms with Crippen LogP contribution in [0.25, 0.3) is 22.1 Å². The molecule has 0 spiro atoms. The first-order valence-electron chi connectivity index (χ1n) is 9.91. The van der Waals surface area contributed by atoms with Crippen LogP contribution in [0.1, 0.15) is 40.1 Å². The smallest absolute Gasteiger partial charge is 0.287 e. The van der Waals surface area contributed by atoms with E-state index in [-0.39, 0.29) is 18.1 Å². The van der Waals surface area contributed by atoms with Gasteiger partial charge in [-0.15, -0.1) is 0 Å². The van der Waals surface area contributed by atoms with E-state index < -0.39 is 0 Å². The number of carbonyl (C=O) groups is 2. The van der Waals surface area contributed by atoms with Crippen LogP contribution < -0.4 is 5.32 Å². The lowest BCUT2D eigenvalue weighted by Gasteiger charge is -2.07. The molecule has 4 aromatic rings. The summed E-state index contributed by atoms with van der Waals surface area (Å²) >= 11 is 0. The van der Waals surface area contributed by atoms with Gasteiger partial charge in [0.15, 0.2) is 11.6 Å². The lowest BCUT2D eigenvalue weighted by molar-refractivity contribution is 0.0945. The van der Waals surface area contributed by atoms with E-state index in [1.165, 1.54) is 0 Å². The Hall–Kier alpha value is -3.48. The molecule has 1 amide bonds. The number of rotatable bonds is 4. The third-order valence-electron chi connectivity index (χ3n) is 5.49. The van der Waals surface area contributed by atoms with Gasteiger partial charge >= 0.3 is 0 Å². The molecule has 0 unspecified atom stereocenters. The lowest BCUT2D eigenvalue weighted by atomic mass is 10.1. The molecule has 146 valence electrons. The predicted molar refractivity (Wildman–Crippen MR) is 110 cm³/mol. The summed E-state index contributed by atoms with van der Waals surface area (Å²) in [5, 5.41) is 2.86. The van der Waals surface area contributed by atoms with E-state index in [1.807, 2.05) is 41.0 Å². The SMILES string of the molecule is CCn1c(CC(=O)c2ccc3nc4n(c3c2)CCCNC4=O)nc2ccccc21.